The Balaban J connectivity index is 2.53. The van der Waals surface area contributed by atoms with Crippen LogP contribution in [0.2, 0.25) is 0 Å². The Labute approximate surface area is 97.0 Å². The van der Waals surface area contributed by atoms with Crippen molar-refractivity contribution in [2.45, 2.75) is 6.54 Å². The van der Waals surface area contributed by atoms with Crippen LogP contribution >= 0.6 is 12.6 Å². The highest BCUT2D eigenvalue weighted by Gasteiger charge is 2.09. The van der Waals surface area contributed by atoms with Crippen LogP contribution in [0.25, 0.3) is 11.0 Å². The van der Waals surface area contributed by atoms with Crippen LogP contribution in [0.3, 0.4) is 0 Å². The first kappa shape index (κ1) is 10.9. The summed E-state index contributed by atoms with van der Waals surface area (Å²) in [5.74, 6) is 0.513. The van der Waals surface area contributed by atoms with Gasteiger partial charge < -0.3 is 0 Å². The van der Waals surface area contributed by atoms with Crippen molar-refractivity contribution in [1.29, 1.82) is 0 Å². The number of hydrogen-bond acceptors (Lipinski definition) is 5. The molecular formula is C9H11N5OS. The Hall–Kier alpha value is -1.63. The molecule has 16 heavy (non-hydrogen) atoms. The molecule has 6 nitrogen and oxygen atoms in total. The molecular weight excluding hydrogens is 226 g/mol. The second-order valence-corrected chi connectivity index (χ2v) is 3.78. The van der Waals surface area contributed by atoms with Gasteiger partial charge in [0.15, 0.2) is 5.65 Å². The summed E-state index contributed by atoms with van der Waals surface area (Å²) < 4.78 is 2.78. The van der Waals surface area contributed by atoms with Crippen molar-refractivity contribution < 1.29 is 0 Å². The molecule has 0 radical (unpaired) electrons. The highest BCUT2D eigenvalue weighted by atomic mass is 32.1. The van der Waals surface area contributed by atoms with Gasteiger partial charge in [0.1, 0.15) is 5.39 Å². The Kier molecular flexibility index (Phi) is 2.78. The number of fused-ring (bicyclic) bond motifs is 1. The summed E-state index contributed by atoms with van der Waals surface area (Å²) in [6.07, 6.45) is 1.49. The molecule has 0 fully saturated rings. The van der Waals surface area contributed by atoms with E-state index >= 15 is 0 Å². The number of aryl methyl sites for hydroxylation is 1. The van der Waals surface area contributed by atoms with Gasteiger partial charge in [0.2, 0.25) is 0 Å². The van der Waals surface area contributed by atoms with Crippen molar-refractivity contribution in [2.24, 2.45) is 7.05 Å². The van der Waals surface area contributed by atoms with E-state index in [0.29, 0.717) is 23.3 Å². The number of aromatic nitrogens is 5. The largest absolute Gasteiger partial charge is 0.281 e. The van der Waals surface area contributed by atoms with Crippen LogP contribution in [0.1, 0.15) is 0 Å². The average molecular weight is 237 g/mol. The van der Waals surface area contributed by atoms with Crippen molar-refractivity contribution in [1.82, 2.24) is 24.8 Å². The average Bonchev–Trinajstić information content (AvgIpc) is 2.65. The van der Waals surface area contributed by atoms with Gasteiger partial charge in [0.25, 0.3) is 5.56 Å². The monoisotopic (exact) mass is 237 g/mol. The van der Waals surface area contributed by atoms with Crippen LogP contribution in [-0.4, -0.2) is 30.5 Å². The minimum Gasteiger partial charge on any atom is -0.267 e. The van der Waals surface area contributed by atoms with Crippen molar-refractivity contribution in [3.63, 3.8) is 0 Å². The van der Waals surface area contributed by atoms with E-state index in [2.05, 4.69) is 34.6 Å². The maximum absolute atomic E-state index is 11.9. The topological polar surface area (TPSA) is 65.6 Å². The van der Waals surface area contributed by atoms with Crippen LogP contribution in [0.4, 0.5) is 0 Å². The van der Waals surface area contributed by atoms with E-state index in [9.17, 15) is 4.79 Å². The van der Waals surface area contributed by atoms with Crippen LogP contribution in [0, 0.1) is 0 Å². The molecule has 0 amide bonds. The van der Waals surface area contributed by atoms with Crippen molar-refractivity contribution in [2.75, 3.05) is 5.75 Å². The van der Waals surface area contributed by atoms with Crippen LogP contribution in [0.15, 0.2) is 23.1 Å². The molecule has 0 aliphatic carbocycles. The molecule has 7 heteroatoms. The third kappa shape index (κ3) is 1.73. The molecule has 0 saturated carbocycles. The van der Waals surface area contributed by atoms with Gasteiger partial charge in [0.05, 0.1) is 12.7 Å². The molecule has 2 aromatic rings. The van der Waals surface area contributed by atoms with Gasteiger partial charge in [-0.25, -0.2) is 9.36 Å². The Morgan fingerprint density at radius 3 is 3.06 bits per heavy atom. The Bertz CT molecular complexity index is 599. The minimum absolute atomic E-state index is 0.207. The predicted octanol–water partition coefficient (Wildman–Crippen LogP) is 0.0110. The SMILES string of the molecule is C=C(CS)Cn1nnc2c(cnn2C)c1=O. The standard InChI is InChI=1S/C9H11N5OS/c1-6(5-16)4-14-9(15)7-3-10-13(2)8(7)11-12-14/h3,16H,1,4-5H2,2H3. The fraction of sp³-hybridized carbons (Fsp3) is 0.333. The molecule has 2 heterocycles. The van der Waals surface area contributed by atoms with Crippen LogP contribution < -0.4 is 5.56 Å². The summed E-state index contributed by atoms with van der Waals surface area (Å²) in [7, 11) is 1.72. The van der Waals surface area contributed by atoms with E-state index in [4.69, 9.17) is 0 Å². The lowest BCUT2D eigenvalue weighted by Crippen LogP contribution is -2.25. The number of thiol groups is 1. The van der Waals surface area contributed by atoms with Gasteiger partial charge >= 0.3 is 0 Å². The summed E-state index contributed by atoms with van der Waals surface area (Å²) in [6, 6.07) is 0. The maximum atomic E-state index is 11.9. The van der Waals surface area contributed by atoms with E-state index in [1.54, 1.807) is 7.05 Å². The zero-order chi connectivity index (χ0) is 11.7. The summed E-state index contributed by atoms with van der Waals surface area (Å²) in [5, 5.41) is 12.2. The first-order valence-electron chi connectivity index (χ1n) is 4.66. The van der Waals surface area contributed by atoms with Gasteiger partial charge in [-0.3, -0.25) is 4.79 Å². The summed E-state index contributed by atoms with van der Waals surface area (Å²) in [4.78, 5) is 11.9. The number of hydrogen-bond donors (Lipinski definition) is 1. The van der Waals surface area contributed by atoms with Gasteiger partial charge in [-0.2, -0.15) is 17.7 Å². The highest BCUT2D eigenvalue weighted by Crippen LogP contribution is 2.02. The Morgan fingerprint density at radius 2 is 2.38 bits per heavy atom. The fourth-order valence-corrected chi connectivity index (χ4v) is 1.44. The van der Waals surface area contributed by atoms with Crippen LogP contribution in [0.5, 0.6) is 0 Å². The highest BCUT2D eigenvalue weighted by molar-refractivity contribution is 7.80. The third-order valence-electron chi connectivity index (χ3n) is 2.22. The molecule has 0 aliphatic rings. The second kappa shape index (κ2) is 4.09. The zero-order valence-electron chi connectivity index (χ0n) is 8.79. The first-order valence-corrected chi connectivity index (χ1v) is 5.29. The van der Waals surface area contributed by atoms with Crippen LogP contribution in [-0.2, 0) is 13.6 Å². The molecule has 0 atom stereocenters. The molecule has 0 spiro atoms. The first-order chi connectivity index (χ1) is 7.63. The minimum atomic E-state index is -0.207. The van der Waals surface area contributed by atoms with E-state index in [0.717, 1.165) is 5.57 Å². The van der Waals surface area contributed by atoms with E-state index in [1.165, 1.54) is 15.6 Å². The summed E-state index contributed by atoms with van der Waals surface area (Å²) in [6.45, 7) is 4.10. The van der Waals surface area contributed by atoms with Crippen molar-refractivity contribution in [3.8, 4) is 0 Å². The lowest BCUT2D eigenvalue weighted by atomic mass is 10.3. The molecule has 0 bridgehead atoms. The maximum Gasteiger partial charge on any atom is 0.281 e. The van der Waals surface area contributed by atoms with Crippen molar-refractivity contribution in [3.05, 3.63) is 28.7 Å². The smallest absolute Gasteiger partial charge is 0.267 e. The van der Waals surface area contributed by atoms with Gasteiger partial charge in [-0.05, 0) is 5.57 Å². The number of rotatable bonds is 3. The lowest BCUT2D eigenvalue weighted by molar-refractivity contribution is 0.591. The van der Waals surface area contributed by atoms with E-state index in [-0.39, 0.29) is 5.56 Å². The molecule has 0 aliphatic heterocycles. The zero-order valence-corrected chi connectivity index (χ0v) is 9.68. The van der Waals surface area contributed by atoms with E-state index < -0.39 is 0 Å². The molecule has 0 N–H and O–H groups in total. The molecule has 2 aromatic heterocycles. The predicted molar refractivity (Wildman–Crippen MR) is 63.6 cm³/mol. The summed E-state index contributed by atoms with van der Waals surface area (Å²) >= 11 is 4.08. The fourth-order valence-electron chi connectivity index (χ4n) is 1.34. The molecule has 0 unspecified atom stereocenters. The van der Waals surface area contributed by atoms with E-state index in [1.807, 2.05) is 0 Å². The molecule has 2 rings (SSSR count). The normalized spacial score (nSPS) is 10.9. The van der Waals surface area contributed by atoms with Crippen molar-refractivity contribution >= 4 is 23.7 Å². The third-order valence-corrected chi connectivity index (χ3v) is 2.66. The van der Waals surface area contributed by atoms with Gasteiger partial charge in [-0.15, -0.1) is 5.10 Å². The lowest BCUT2D eigenvalue weighted by Gasteiger charge is -2.03. The molecule has 0 saturated heterocycles. The quantitative estimate of drug-likeness (QED) is 0.603. The van der Waals surface area contributed by atoms with Gasteiger partial charge in [0, 0.05) is 12.8 Å². The molecule has 84 valence electrons. The summed E-state index contributed by atoms with van der Waals surface area (Å²) in [5.41, 5.74) is 1.08. The molecule has 0 aromatic carbocycles. The van der Waals surface area contributed by atoms with Gasteiger partial charge in [-0.1, -0.05) is 11.8 Å². The second-order valence-electron chi connectivity index (χ2n) is 3.47. The number of nitrogens with zero attached hydrogens (tertiary/aromatic N) is 5. The Morgan fingerprint density at radius 1 is 1.62 bits per heavy atom.